The summed E-state index contributed by atoms with van der Waals surface area (Å²) in [5.74, 6) is -1.04. The monoisotopic (exact) mass is 438 g/mol. The van der Waals surface area contributed by atoms with Crippen LogP contribution in [0.2, 0.25) is 0 Å². The maximum absolute atomic E-state index is 12.8. The molecule has 0 radical (unpaired) electrons. The number of para-hydroxylation sites is 2. The first-order valence-corrected chi connectivity index (χ1v) is 12.1. The Kier molecular flexibility index (Phi) is 5.59. The first kappa shape index (κ1) is 21.1. The number of hydrogen-bond donors (Lipinski definition) is 1. The summed E-state index contributed by atoms with van der Waals surface area (Å²) in [6.07, 6.45) is -0.137. The highest BCUT2D eigenvalue weighted by molar-refractivity contribution is 7.94. The van der Waals surface area contributed by atoms with Gasteiger partial charge in [-0.1, -0.05) is 19.1 Å². The summed E-state index contributed by atoms with van der Waals surface area (Å²) < 4.78 is 58.7. The average Bonchev–Trinajstić information content (AvgIpc) is 2.83. The Bertz CT molecular complexity index is 1130. The van der Waals surface area contributed by atoms with E-state index in [9.17, 15) is 21.6 Å². The molecule has 2 aromatic rings. The fraction of sp³-hybridized carbons (Fsp3) is 0.316. The largest absolute Gasteiger partial charge is 0.489 e. The van der Waals surface area contributed by atoms with E-state index in [1.54, 1.807) is 31.2 Å². The molecule has 2 aromatic carbocycles. The molecule has 0 spiro atoms. The van der Waals surface area contributed by atoms with Gasteiger partial charge >= 0.3 is 0 Å². The first-order valence-electron chi connectivity index (χ1n) is 8.97. The number of ether oxygens (including phenoxy) is 1. The highest BCUT2D eigenvalue weighted by Gasteiger charge is 2.42. The van der Waals surface area contributed by atoms with Crippen molar-refractivity contribution in [1.29, 1.82) is 0 Å². The Morgan fingerprint density at radius 3 is 2.28 bits per heavy atom. The smallest absolute Gasteiger partial charge is 0.262 e. The van der Waals surface area contributed by atoms with Crippen LogP contribution in [0.4, 0.5) is 11.4 Å². The fourth-order valence-corrected chi connectivity index (χ4v) is 5.85. The lowest BCUT2D eigenvalue weighted by Gasteiger charge is -2.17. The summed E-state index contributed by atoms with van der Waals surface area (Å²) >= 11 is 0. The molecule has 1 amide bonds. The average molecular weight is 439 g/mol. The van der Waals surface area contributed by atoms with Gasteiger partial charge in [-0.15, -0.1) is 0 Å². The second-order valence-electron chi connectivity index (χ2n) is 7.04. The van der Waals surface area contributed by atoms with Crippen LogP contribution < -0.4 is 13.8 Å². The number of sulfonamides is 2. The van der Waals surface area contributed by atoms with Crippen LogP contribution in [-0.2, 0) is 24.8 Å². The molecule has 0 aromatic heterocycles. The number of carbonyl (C=O) groups is 1. The topological polar surface area (TPSA) is 110 Å². The van der Waals surface area contributed by atoms with Crippen molar-refractivity contribution in [3.63, 3.8) is 0 Å². The third-order valence-electron chi connectivity index (χ3n) is 4.24. The molecule has 1 aliphatic heterocycles. The Hall–Kier alpha value is -2.59. The van der Waals surface area contributed by atoms with Gasteiger partial charge < -0.3 is 4.74 Å². The standard InChI is InChI=1S/C19H22N2O6S2/c1-13(2)27-18-7-5-4-6-17(18)20-29(25,26)16-10-8-15(9-11-16)21-19(22)14(3)12-28(21,23)24/h4-11,13-14,20H,12H2,1-3H3. The number of nitrogens with zero attached hydrogens (tertiary/aromatic N) is 1. The number of nitrogens with one attached hydrogen (secondary N) is 1. The third kappa shape index (κ3) is 4.38. The second-order valence-corrected chi connectivity index (χ2v) is 10.6. The Labute approximate surface area is 170 Å². The molecule has 3 rings (SSSR count). The van der Waals surface area contributed by atoms with Crippen molar-refractivity contribution in [1.82, 2.24) is 0 Å². The molecule has 8 nitrogen and oxygen atoms in total. The Morgan fingerprint density at radius 2 is 1.72 bits per heavy atom. The van der Waals surface area contributed by atoms with E-state index >= 15 is 0 Å². The van der Waals surface area contributed by atoms with Crippen molar-refractivity contribution in [3.8, 4) is 5.75 Å². The SMILES string of the molecule is CC(C)Oc1ccccc1NS(=O)(=O)c1ccc(N2C(=O)C(C)CS2(=O)=O)cc1. The maximum atomic E-state index is 12.8. The van der Waals surface area contributed by atoms with E-state index in [4.69, 9.17) is 4.74 Å². The molecule has 1 heterocycles. The minimum absolute atomic E-state index is 0.0716. The number of carbonyl (C=O) groups excluding carboxylic acids is 1. The summed E-state index contributed by atoms with van der Waals surface area (Å²) in [4.78, 5) is 12.1. The molecule has 1 unspecified atom stereocenters. The van der Waals surface area contributed by atoms with E-state index in [-0.39, 0.29) is 28.1 Å². The summed E-state index contributed by atoms with van der Waals surface area (Å²) in [6.45, 7) is 5.20. The van der Waals surface area contributed by atoms with Crippen LogP contribution in [0.5, 0.6) is 5.75 Å². The van der Waals surface area contributed by atoms with E-state index in [0.717, 1.165) is 4.31 Å². The molecule has 1 aliphatic rings. The molecular weight excluding hydrogens is 416 g/mol. The quantitative estimate of drug-likeness (QED) is 0.742. The lowest BCUT2D eigenvalue weighted by atomic mass is 10.2. The lowest BCUT2D eigenvalue weighted by Crippen LogP contribution is -2.30. The van der Waals surface area contributed by atoms with Gasteiger partial charge in [-0.05, 0) is 50.2 Å². The highest BCUT2D eigenvalue weighted by Crippen LogP contribution is 2.31. The van der Waals surface area contributed by atoms with Crippen LogP contribution in [-0.4, -0.2) is 34.6 Å². The molecule has 0 bridgehead atoms. The van der Waals surface area contributed by atoms with Gasteiger partial charge in [-0.2, -0.15) is 0 Å². The Balaban J connectivity index is 1.88. The summed E-state index contributed by atoms with van der Waals surface area (Å²) in [5, 5.41) is 0. The molecule has 0 aliphatic carbocycles. The van der Waals surface area contributed by atoms with E-state index in [0.29, 0.717) is 5.75 Å². The molecule has 1 saturated heterocycles. The minimum Gasteiger partial charge on any atom is -0.489 e. The van der Waals surface area contributed by atoms with Gasteiger partial charge in [-0.25, -0.2) is 21.1 Å². The number of benzene rings is 2. The number of hydrogen-bond acceptors (Lipinski definition) is 6. The molecular formula is C19H22N2O6S2. The number of amides is 1. The van der Waals surface area contributed by atoms with E-state index in [1.165, 1.54) is 24.3 Å². The zero-order chi connectivity index (χ0) is 21.4. The van der Waals surface area contributed by atoms with Crippen molar-refractivity contribution in [2.45, 2.75) is 31.8 Å². The summed E-state index contributed by atoms with van der Waals surface area (Å²) in [5.41, 5.74) is 0.401. The predicted octanol–water partition coefficient (Wildman–Crippen LogP) is 2.59. The number of rotatable bonds is 6. The Morgan fingerprint density at radius 1 is 1.10 bits per heavy atom. The molecule has 1 fully saturated rings. The van der Waals surface area contributed by atoms with Crippen LogP contribution >= 0.6 is 0 Å². The normalized spacial score (nSPS) is 18.8. The van der Waals surface area contributed by atoms with Crippen LogP contribution in [0.15, 0.2) is 53.4 Å². The van der Waals surface area contributed by atoms with Gasteiger partial charge in [0.05, 0.1) is 34.0 Å². The van der Waals surface area contributed by atoms with Gasteiger partial charge in [0, 0.05) is 0 Å². The highest BCUT2D eigenvalue weighted by atomic mass is 32.2. The zero-order valence-electron chi connectivity index (χ0n) is 16.2. The van der Waals surface area contributed by atoms with E-state index in [1.807, 2.05) is 13.8 Å². The van der Waals surface area contributed by atoms with Gasteiger partial charge in [-0.3, -0.25) is 9.52 Å². The van der Waals surface area contributed by atoms with E-state index in [2.05, 4.69) is 4.72 Å². The molecule has 156 valence electrons. The predicted molar refractivity (Wildman–Crippen MR) is 110 cm³/mol. The van der Waals surface area contributed by atoms with Crippen LogP contribution in [0.3, 0.4) is 0 Å². The second kappa shape index (κ2) is 7.68. The zero-order valence-corrected chi connectivity index (χ0v) is 17.8. The lowest BCUT2D eigenvalue weighted by molar-refractivity contribution is -0.119. The van der Waals surface area contributed by atoms with Crippen molar-refractivity contribution >= 4 is 37.3 Å². The molecule has 0 saturated carbocycles. The third-order valence-corrected chi connectivity index (χ3v) is 7.49. The molecule has 1 N–H and O–H groups in total. The van der Waals surface area contributed by atoms with Gasteiger partial charge in [0.15, 0.2) is 0 Å². The molecule has 29 heavy (non-hydrogen) atoms. The van der Waals surface area contributed by atoms with Crippen LogP contribution in [0.1, 0.15) is 20.8 Å². The maximum Gasteiger partial charge on any atom is 0.262 e. The van der Waals surface area contributed by atoms with Crippen molar-refractivity contribution in [2.75, 3.05) is 14.8 Å². The van der Waals surface area contributed by atoms with Gasteiger partial charge in [0.25, 0.3) is 10.0 Å². The van der Waals surface area contributed by atoms with Crippen molar-refractivity contribution < 1.29 is 26.4 Å². The van der Waals surface area contributed by atoms with Crippen molar-refractivity contribution in [3.05, 3.63) is 48.5 Å². The van der Waals surface area contributed by atoms with E-state index < -0.39 is 31.9 Å². The molecule has 1 atom stereocenters. The minimum atomic E-state index is -3.95. The summed E-state index contributed by atoms with van der Waals surface area (Å²) in [7, 11) is -7.70. The van der Waals surface area contributed by atoms with Gasteiger partial charge in [0.1, 0.15) is 5.75 Å². The van der Waals surface area contributed by atoms with Crippen LogP contribution in [0, 0.1) is 5.92 Å². The van der Waals surface area contributed by atoms with Gasteiger partial charge in [0.2, 0.25) is 15.9 Å². The number of anilines is 2. The van der Waals surface area contributed by atoms with Crippen molar-refractivity contribution in [2.24, 2.45) is 5.92 Å². The fourth-order valence-electron chi connectivity index (χ4n) is 2.96. The molecule has 10 heteroatoms. The van der Waals surface area contributed by atoms with Crippen LogP contribution in [0.25, 0.3) is 0 Å². The first-order chi connectivity index (χ1) is 13.5. The summed E-state index contributed by atoms with van der Waals surface area (Å²) in [6, 6.07) is 11.8.